The van der Waals surface area contributed by atoms with Crippen molar-refractivity contribution in [2.75, 3.05) is 58.6 Å². The van der Waals surface area contributed by atoms with Crippen LogP contribution in [-0.4, -0.2) is 53.7 Å². The van der Waals surface area contributed by atoms with Crippen LogP contribution in [0, 0.1) is 5.41 Å². The van der Waals surface area contributed by atoms with Crippen LogP contribution in [0.1, 0.15) is 85.6 Å². The van der Waals surface area contributed by atoms with Gasteiger partial charge in [-0.1, -0.05) is 104 Å². The summed E-state index contributed by atoms with van der Waals surface area (Å²) in [4.78, 5) is 4.69. The van der Waals surface area contributed by atoms with E-state index >= 15 is 0 Å². The highest BCUT2D eigenvalue weighted by atomic mass is 32.2. The average Bonchev–Trinajstić information content (AvgIpc) is 3.63. The van der Waals surface area contributed by atoms with Gasteiger partial charge in [-0.25, -0.2) is 0 Å². The minimum Gasteiger partial charge on any atom is -0.496 e. The Labute approximate surface area is 376 Å². The second-order valence-electron chi connectivity index (χ2n) is 18.3. The van der Waals surface area contributed by atoms with Gasteiger partial charge in [-0.15, -0.1) is 0 Å². The predicted octanol–water partition coefficient (Wildman–Crippen LogP) is 13.0. The molecule has 2 saturated carbocycles. The number of fused-ring (bicyclic) bond motifs is 10. The second-order valence-corrected chi connectivity index (χ2v) is 19.4. The molecule has 1 unspecified atom stereocenters. The van der Waals surface area contributed by atoms with Crippen molar-refractivity contribution in [1.29, 1.82) is 0 Å². The summed E-state index contributed by atoms with van der Waals surface area (Å²) in [6, 6.07) is 42.1. The number of hydrogen-bond donors (Lipinski definition) is 0. The monoisotopic (exact) mass is 855 g/mol. The maximum atomic E-state index is 7.91. The Morgan fingerprint density at radius 2 is 1.41 bits per heavy atom. The topological polar surface area (TPSA) is 49.4 Å². The van der Waals surface area contributed by atoms with Crippen molar-refractivity contribution in [3.8, 4) is 28.4 Å². The van der Waals surface area contributed by atoms with Crippen molar-refractivity contribution >= 4 is 34.3 Å². The first-order valence-electron chi connectivity index (χ1n) is 23.1. The number of hydrogen-bond acceptors (Lipinski definition) is 7. The lowest BCUT2D eigenvalue weighted by Crippen LogP contribution is -2.39. The summed E-state index contributed by atoms with van der Waals surface area (Å²) in [7, 11) is 3.49. The summed E-state index contributed by atoms with van der Waals surface area (Å²) in [6.45, 7) is 4.27. The highest BCUT2D eigenvalue weighted by Crippen LogP contribution is 2.65. The molecule has 1 atom stereocenters. The number of benzene rings is 6. The van der Waals surface area contributed by atoms with E-state index in [-0.39, 0.29) is 5.41 Å². The van der Waals surface area contributed by atoms with Crippen molar-refractivity contribution in [2.24, 2.45) is 5.41 Å². The minimum atomic E-state index is -0.926. The molecule has 11 rings (SSSR count). The highest BCUT2D eigenvalue weighted by molar-refractivity contribution is 7.99. The maximum absolute atomic E-state index is 7.91. The van der Waals surface area contributed by atoms with E-state index in [1.165, 1.54) is 88.7 Å². The van der Waals surface area contributed by atoms with Crippen LogP contribution >= 0.6 is 11.8 Å². The van der Waals surface area contributed by atoms with Crippen molar-refractivity contribution in [3.63, 3.8) is 0 Å². The molecule has 2 spiro atoms. The molecule has 6 nitrogen and oxygen atoms in total. The zero-order valence-electron chi connectivity index (χ0n) is 36.6. The minimum absolute atomic E-state index is 0.103. The molecule has 0 aromatic heterocycles. The molecule has 0 amide bonds. The fourth-order valence-corrected chi connectivity index (χ4v) is 12.8. The zero-order chi connectivity index (χ0) is 42.4. The molecule has 0 bridgehead atoms. The van der Waals surface area contributed by atoms with E-state index in [4.69, 9.17) is 23.7 Å². The Hall–Kier alpha value is -5.21. The number of morpholine rings is 1. The van der Waals surface area contributed by atoms with Crippen LogP contribution in [0.4, 0.5) is 5.69 Å². The van der Waals surface area contributed by atoms with Gasteiger partial charge in [0, 0.05) is 58.3 Å². The van der Waals surface area contributed by atoms with Crippen molar-refractivity contribution in [3.05, 3.63) is 149 Å². The standard InChI is InChI=1S/C56H57NO5S/c1-58-35-36-61-42-21-17-40(18-22-42)56(39-15-19-41(20-16-39)57-31-33-60-34-32-57)26-23-45-52-51(44-13-7-8-14-48(44)55(52)29-27-54(28-30-55)24-9-4-10-25-54)46-38-50(63-43-11-5-3-6-12-43)49(59-2)37-47(46)53(45)62-56/h3,5-8,11-23,26,37-38H,4,9-10,24-25,27-36H2,1-2H3. The van der Waals surface area contributed by atoms with E-state index in [0.717, 1.165) is 77.8 Å². The van der Waals surface area contributed by atoms with Gasteiger partial charge in [-0.2, -0.15) is 0 Å². The number of anilines is 1. The Morgan fingerprint density at radius 1 is 0.698 bits per heavy atom. The molecule has 322 valence electrons. The van der Waals surface area contributed by atoms with Crippen molar-refractivity contribution in [2.45, 2.75) is 78.6 Å². The van der Waals surface area contributed by atoms with Crippen LogP contribution in [0.25, 0.3) is 28.0 Å². The first-order valence-corrected chi connectivity index (χ1v) is 23.9. The Kier molecular flexibility index (Phi) is 10.8. The first-order chi connectivity index (χ1) is 31.0. The molecule has 0 N–H and O–H groups in total. The van der Waals surface area contributed by atoms with Gasteiger partial charge in [0.1, 0.15) is 23.9 Å². The molecule has 63 heavy (non-hydrogen) atoms. The van der Waals surface area contributed by atoms with Gasteiger partial charge in [0.05, 0.1) is 31.8 Å². The molecule has 2 aliphatic heterocycles. The Balaban J connectivity index is 1.13. The van der Waals surface area contributed by atoms with Crippen LogP contribution in [0.5, 0.6) is 17.2 Å². The molecule has 1 saturated heterocycles. The summed E-state index contributed by atoms with van der Waals surface area (Å²) in [5.41, 5.74) is 9.63. The van der Waals surface area contributed by atoms with Crippen LogP contribution in [0.2, 0.25) is 0 Å². The number of rotatable bonds is 10. The SMILES string of the molecule is COCCOc1ccc(C2(c3ccc(N4CCOCC4)cc3)C=Cc3c4c(c5cc(Sc6ccccc6)c(OC)cc5c3O2)-c2ccccc2C42CCC3(CCCCC3)CC2)cc1. The quantitative estimate of drug-likeness (QED) is 0.127. The molecule has 0 radical (unpaired) electrons. The first kappa shape index (κ1) is 40.6. The van der Waals surface area contributed by atoms with Gasteiger partial charge >= 0.3 is 0 Å². The van der Waals surface area contributed by atoms with Gasteiger partial charge in [-0.05, 0) is 126 Å². The smallest absolute Gasteiger partial charge is 0.178 e. The number of methoxy groups -OCH3 is 2. The molecular weight excluding hydrogens is 799 g/mol. The van der Waals surface area contributed by atoms with E-state index < -0.39 is 5.60 Å². The zero-order valence-corrected chi connectivity index (χ0v) is 37.4. The van der Waals surface area contributed by atoms with Crippen molar-refractivity contribution in [1.82, 2.24) is 0 Å². The van der Waals surface area contributed by atoms with Gasteiger partial charge < -0.3 is 28.6 Å². The number of ether oxygens (including phenoxy) is 5. The lowest BCUT2D eigenvalue weighted by Gasteiger charge is -2.48. The van der Waals surface area contributed by atoms with E-state index in [0.29, 0.717) is 18.6 Å². The normalized spacial score (nSPS) is 20.6. The highest BCUT2D eigenvalue weighted by Gasteiger charge is 2.52. The van der Waals surface area contributed by atoms with Gasteiger partial charge in [0.15, 0.2) is 5.60 Å². The van der Waals surface area contributed by atoms with Crippen molar-refractivity contribution < 1.29 is 23.7 Å². The predicted molar refractivity (Wildman–Crippen MR) is 255 cm³/mol. The molecule has 3 fully saturated rings. The third-order valence-electron chi connectivity index (χ3n) is 15.1. The maximum Gasteiger partial charge on any atom is 0.178 e. The lowest BCUT2D eigenvalue weighted by molar-refractivity contribution is 0.0948. The summed E-state index contributed by atoms with van der Waals surface area (Å²) in [5, 5.41) is 2.29. The molecule has 6 aromatic carbocycles. The Bertz CT molecular complexity index is 2640. The van der Waals surface area contributed by atoms with E-state index in [2.05, 4.69) is 132 Å². The second kappa shape index (κ2) is 16.7. The van der Waals surface area contributed by atoms with E-state index in [1.807, 2.05) is 0 Å². The summed E-state index contributed by atoms with van der Waals surface area (Å²) in [5.74, 6) is 2.56. The third kappa shape index (κ3) is 7.02. The summed E-state index contributed by atoms with van der Waals surface area (Å²) >= 11 is 1.76. The number of nitrogens with zero attached hydrogens (tertiary/aromatic N) is 1. The van der Waals surface area contributed by atoms with E-state index in [9.17, 15) is 0 Å². The summed E-state index contributed by atoms with van der Waals surface area (Å²) < 4.78 is 31.3. The molecule has 5 aliphatic rings. The van der Waals surface area contributed by atoms with Crippen LogP contribution in [0.15, 0.2) is 131 Å². The lowest BCUT2D eigenvalue weighted by atomic mass is 9.56. The molecule has 3 aliphatic carbocycles. The fourth-order valence-electron chi connectivity index (χ4n) is 11.8. The third-order valence-corrected chi connectivity index (χ3v) is 16.1. The molecule has 6 aromatic rings. The fraction of sp³-hybridized carbons (Fsp3) is 0.357. The molecular formula is C56H57NO5S. The van der Waals surface area contributed by atoms with Crippen LogP contribution < -0.4 is 19.1 Å². The van der Waals surface area contributed by atoms with Gasteiger partial charge in [0.25, 0.3) is 0 Å². The average molecular weight is 856 g/mol. The molecule has 7 heteroatoms. The van der Waals surface area contributed by atoms with E-state index in [1.54, 1.807) is 26.0 Å². The van der Waals surface area contributed by atoms with Gasteiger partial charge in [-0.3, -0.25) is 0 Å². The summed E-state index contributed by atoms with van der Waals surface area (Å²) in [6.07, 6.45) is 16.5. The Morgan fingerprint density at radius 3 is 2.14 bits per heavy atom. The molecule has 2 heterocycles. The van der Waals surface area contributed by atoms with Crippen LogP contribution in [0.3, 0.4) is 0 Å². The van der Waals surface area contributed by atoms with Gasteiger partial charge in [0.2, 0.25) is 0 Å². The van der Waals surface area contributed by atoms with Crippen LogP contribution in [-0.2, 0) is 20.5 Å². The largest absolute Gasteiger partial charge is 0.496 e.